The van der Waals surface area contributed by atoms with Crippen LogP contribution in [0.4, 0.5) is 5.69 Å². The molecule has 1 fully saturated rings. The van der Waals surface area contributed by atoms with Crippen molar-refractivity contribution in [3.05, 3.63) is 23.8 Å². The quantitative estimate of drug-likeness (QED) is 0.198. The highest BCUT2D eigenvalue weighted by atomic mass is 16.6. The molecule has 198 valence electrons. The van der Waals surface area contributed by atoms with Crippen LogP contribution in [-0.2, 0) is 33.4 Å². The Balaban J connectivity index is 2.36. The van der Waals surface area contributed by atoms with E-state index in [-0.39, 0.29) is 11.3 Å². The molecule has 0 aromatic heterocycles. The normalized spacial score (nSPS) is 24.4. The minimum absolute atomic E-state index is 0.00336. The van der Waals surface area contributed by atoms with E-state index in [1.54, 1.807) is 13.8 Å². The molecule has 0 aliphatic carbocycles. The third kappa shape index (κ3) is 6.96. The zero-order valence-electron chi connectivity index (χ0n) is 21.1. The summed E-state index contributed by atoms with van der Waals surface area (Å²) in [6.45, 7) is 8.18. The van der Waals surface area contributed by atoms with E-state index in [2.05, 4.69) is 10.6 Å². The van der Waals surface area contributed by atoms with Gasteiger partial charge in [-0.05, 0) is 32.4 Å². The number of cyclic esters (lactones) is 2. The van der Waals surface area contributed by atoms with Crippen LogP contribution in [-0.4, -0.2) is 59.7 Å². The summed E-state index contributed by atoms with van der Waals surface area (Å²) in [4.78, 5) is 62.2. The van der Waals surface area contributed by atoms with E-state index in [9.17, 15) is 29.1 Å². The molecule has 3 N–H and O–H groups in total. The standard InChI is InChI=1S/C25H34N2O9/c1-6-7-9-17-21(36-23(31)13(2)3)15(5)35-25(33)19(14(4)34-24(17)32)27-22(30)16-10-8-11-18(20(16)29)26-12-28/h8,10-15,17,19,21,29H,6-7,9H2,1-5H3,(H,26,28)(H,27,30). The van der Waals surface area contributed by atoms with Gasteiger partial charge in [0.15, 0.2) is 17.9 Å². The van der Waals surface area contributed by atoms with Gasteiger partial charge < -0.3 is 30.0 Å². The van der Waals surface area contributed by atoms with Crippen molar-refractivity contribution >= 4 is 35.9 Å². The third-order valence-electron chi connectivity index (χ3n) is 5.86. The van der Waals surface area contributed by atoms with Crippen molar-refractivity contribution < 1.29 is 43.3 Å². The van der Waals surface area contributed by atoms with E-state index in [1.165, 1.54) is 32.0 Å². The number of amides is 2. The van der Waals surface area contributed by atoms with Crippen LogP contribution in [0.25, 0.3) is 0 Å². The van der Waals surface area contributed by atoms with Crippen LogP contribution in [0.2, 0.25) is 0 Å². The number of hydrogen-bond acceptors (Lipinski definition) is 9. The van der Waals surface area contributed by atoms with Crippen molar-refractivity contribution in [2.75, 3.05) is 5.32 Å². The average molecular weight is 507 g/mol. The number of hydrogen-bond donors (Lipinski definition) is 3. The summed E-state index contributed by atoms with van der Waals surface area (Å²) >= 11 is 0. The maximum absolute atomic E-state index is 13.1. The molecule has 5 atom stereocenters. The van der Waals surface area contributed by atoms with E-state index < -0.39 is 65.8 Å². The van der Waals surface area contributed by atoms with Crippen molar-refractivity contribution in [1.82, 2.24) is 5.32 Å². The molecule has 1 heterocycles. The number of unbranched alkanes of at least 4 members (excludes halogenated alkanes) is 1. The van der Waals surface area contributed by atoms with Crippen LogP contribution in [0.5, 0.6) is 5.75 Å². The molecule has 11 heteroatoms. The van der Waals surface area contributed by atoms with Crippen molar-refractivity contribution in [3.63, 3.8) is 0 Å². The Hall–Kier alpha value is -3.63. The van der Waals surface area contributed by atoms with Crippen LogP contribution in [0, 0.1) is 11.8 Å². The minimum atomic E-state index is -1.42. The number of phenols is 1. The van der Waals surface area contributed by atoms with Gasteiger partial charge in [0.25, 0.3) is 5.91 Å². The van der Waals surface area contributed by atoms with Crippen LogP contribution in [0.1, 0.15) is 64.2 Å². The lowest BCUT2D eigenvalue weighted by Gasteiger charge is -2.29. The predicted octanol–water partition coefficient (Wildman–Crippen LogP) is 2.31. The highest BCUT2D eigenvalue weighted by molar-refractivity contribution is 6.01. The van der Waals surface area contributed by atoms with Gasteiger partial charge in [0.1, 0.15) is 12.2 Å². The topological polar surface area (TPSA) is 157 Å². The van der Waals surface area contributed by atoms with Gasteiger partial charge in [0.2, 0.25) is 6.41 Å². The molecule has 0 spiro atoms. The number of nitrogens with one attached hydrogen (secondary N) is 2. The van der Waals surface area contributed by atoms with Crippen LogP contribution in [0.3, 0.4) is 0 Å². The van der Waals surface area contributed by atoms with Gasteiger partial charge in [-0.15, -0.1) is 0 Å². The van der Waals surface area contributed by atoms with Crippen LogP contribution < -0.4 is 10.6 Å². The summed E-state index contributed by atoms with van der Waals surface area (Å²) in [5, 5.41) is 15.0. The van der Waals surface area contributed by atoms with Crippen LogP contribution >= 0.6 is 0 Å². The molecule has 1 saturated heterocycles. The Kier molecular flexibility index (Phi) is 10.2. The van der Waals surface area contributed by atoms with Crippen molar-refractivity contribution in [3.8, 4) is 5.75 Å². The lowest BCUT2D eigenvalue weighted by Crippen LogP contribution is -2.50. The van der Waals surface area contributed by atoms with E-state index >= 15 is 0 Å². The lowest BCUT2D eigenvalue weighted by atomic mass is 9.92. The number of carbonyl (C=O) groups is 5. The Morgan fingerprint density at radius 2 is 1.81 bits per heavy atom. The van der Waals surface area contributed by atoms with Gasteiger partial charge in [0, 0.05) is 0 Å². The number of para-hydroxylation sites is 1. The molecule has 0 saturated carbocycles. The fourth-order valence-corrected chi connectivity index (χ4v) is 3.77. The second-order valence-electron chi connectivity index (χ2n) is 9.00. The molecule has 36 heavy (non-hydrogen) atoms. The van der Waals surface area contributed by atoms with Gasteiger partial charge in [-0.25, -0.2) is 4.79 Å². The highest BCUT2D eigenvalue weighted by Crippen LogP contribution is 2.29. The second kappa shape index (κ2) is 12.9. The Bertz CT molecular complexity index is 978. The smallest absolute Gasteiger partial charge is 0.332 e. The molecule has 5 unspecified atom stereocenters. The monoisotopic (exact) mass is 506 g/mol. The number of benzene rings is 1. The van der Waals surface area contributed by atoms with Crippen molar-refractivity contribution in [2.24, 2.45) is 11.8 Å². The molecule has 2 amide bonds. The summed E-state index contributed by atoms with van der Waals surface area (Å²) in [7, 11) is 0. The fraction of sp³-hybridized carbons (Fsp3) is 0.560. The first-order valence-corrected chi connectivity index (χ1v) is 12.0. The van der Waals surface area contributed by atoms with Gasteiger partial charge in [-0.3, -0.25) is 19.2 Å². The number of ether oxygens (including phenoxy) is 3. The summed E-state index contributed by atoms with van der Waals surface area (Å²) < 4.78 is 16.7. The SMILES string of the molecule is CCCCC1C(=O)OC(C)C(NC(=O)c2cccc(NC=O)c2O)C(=O)OC(C)C1OC(=O)C(C)C. The number of rotatable bonds is 9. The maximum Gasteiger partial charge on any atom is 0.332 e. The number of aromatic hydroxyl groups is 1. The first-order valence-electron chi connectivity index (χ1n) is 12.0. The minimum Gasteiger partial charge on any atom is -0.505 e. The predicted molar refractivity (Wildman–Crippen MR) is 128 cm³/mol. The molecular weight excluding hydrogens is 472 g/mol. The Labute approximate surface area is 209 Å². The second-order valence-corrected chi connectivity index (χ2v) is 9.00. The largest absolute Gasteiger partial charge is 0.505 e. The molecular formula is C25H34N2O9. The van der Waals surface area contributed by atoms with Gasteiger partial charge in [-0.2, -0.15) is 0 Å². The summed E-state index contributed by atoms with van der Waals surface area (Å²) in [5.74, 6) is -4.83. The zero-order valence-corrected chi connectivity index (χ0v) is 21.1. The number of esters is 3. The fourth-order valence-electron chi connectivity index (χ4n) is 3.77. The molecule has 1 aliphatic rings. The maximum atomic E-state index is 13.1. The summed E-state index contributed by atoms with van der Waals surface area (Å²) in [6.07, 6.45) is -1.10. The first-order chi connectivity index (χ1) is 17.0. The van der Waals surface area contributed by atoms with Crippen molar-refractivity contribution in [1.29, 1.82) is 0 Å². The van der Waals surface area contributed by atoms with Crippen molar-refractivity contribution in [2.45, 2.75) is 78.2 Å². The first kappa shape index (κ1) is 28.6. The highest BCUT2D eigenvalue weighted by Gasteiger charge is 2.44. The Morgan fingerprint density at radius 1 is 1.14 bits per heavy atom. The van der Waals surface area contributed by atoms with E-state index in [0.717, 1.165) is 6.42 Å². The zero-order chi connectivity index (χ0) is 27.0. The molecule has 1 aromatic rings. The third-order valence-corrected chi connectivity index (χ3v) is 5.86. The summed E-state index contributed by atoms with van der Waals surface area (Å²) in [5.41, 5.74) is -0.220. The van der Waals surface area contributed by atoms with E-state index in [0.29, 0.717) is 19.3 Å². The van der Waals surface area contributed by atoms with Gasteiger partial charge in [0.05, 0.1) is 23.1 Å². The lowest BCUT2D eigenvalue weighted by molar-refractivity contribution is -0.177. The van der Waals surface area contributed by atoms with Gasteiger partial charge >= 0.3 is 17.9 Å². The number of phenolic OH excluding ortho intramolecular Hbond substituents is 1. The van der Waals surface area contributed by atoms with E-state index in [1.807, 2.05) is 6.92 Å². The summed E-state index contributed by atoms with van der Waals surface area (Å²) in [6, 6.07) is 2.69. The molecule has 1 aliphatic heterocycles. The molecule has 0 bridgehead atoms. The average Bonchev–Trinajstić information content (AvgIpc) is 2.84. The molecule has 1 aromatic carbocycles. The number of carbonyl (C=O) groups excluding carboxylic acids is 5. The molecule has 2 rings (SSSR count). The molecule has 0 radical (unpaired) electrons. The molecule has 11 nitrogen and oxygen atoms in total. The van der Waals surface area contributed by atoms with Crippen LogP contribution in [0.15, 0.2) is 18.2 Å². The van der Waals surface area contributed by atoms with E-state index in [4.69, 9.17) is 14.2 Å². The Morgan fingerprint density at radius 3 is 2.42 bits per heavy atom. The number of anilines is 1. The van der Waals surface area contributed by atoms with Gasteiger partial charge in [-0.1, -0.05) is 39.7 Å².